The van der Waals surface area contributed by atoms with Crippen molar-refractivity contribution in [2.75, 3.05) is 0 Å². The molecule has 1 N–H and O–H groups in total. The van der Waals surface area contributed by atoms with Gasteiger partial charge in [0.05, 0.1) is 4.92 Å². The van der Waals surface area contributed by atoms with Gasteiger partial charge in [-0.2, -0.15) is 10.1 Å². The van der Waals surface area contributed by atoms with Crippen LogP contribution in [0.2, 0.25) is 0 Å². The molecular formula is C13H11F4N3O4. The summed E-state index contributed by atoms with van der Waals surface area (Å²) < 4.78 is 51.6. The summed E-state index contributed by atoms with van der Waals surface area (Å²) in [6.45, 7) is 1.31. The average molecular weight is 349 g/mol. The van der Waals surface area contributed by atoms with Gasteiger partial charge in [0, 0.05) is 23.6 Å². The Kier molecular flexibility index (Phi) is 4.56. The number of carbonyl (C=O) groups excluding carboxylic acids is 1. The Hall–Kier alpha value is -2.56. The Morgan fingerprint density at radius 1 is 1.42 bits per heavy atom. The molecule has 1 unspecified atom stereocenters. The first-order valence-corrected chi connectivity index (χ1v) is 6.53. The van der Waals surface area contributed by atoms with Gasteiger partial charge in [0.1, 0.15) is 5.71 Å². The van der Waals surface area contributed by atoms with E-state index in [9.17, 15) is 37.6 Å². The zero-order valence-electron chi connectivity index (χ0n) is 12.1. The average Bonchev–Trinajstić information content (AvgIpc) is 2.85. The number of alkyl halides is 4. The van der Waals surface area contributed by atoms with Crippen molar-refractivity contribution in [3.63, 3.8) is 0 Å². The summed E-state index contributed by atoms with van der Waals surface area (Å²) in [7, 11) is 0. The summed E-state index contributed by atoms with van der Waals surface area (Å²) in [5.41, 5.74) is -4.81. The fraction of sp³-hybridized carbons (Fsp3) is 0.385. The van der Waals surface area contributed by atoms with Gasteiger partial charge in [0.15, 0.2) is 0 Å². The van der Waals surface area contributed by atoms with Crippen LogP contribution in [0.3, 0.4) is 0 Å². The minimum absolute atomic E-state index is 0.0590. The van der Waals surface area contributed by atoms with E-state index in [4.69, 9.17) is 0 Å². The molecule has 1 amide bonds. The maximum absolute atomic E-state index is 13.1. The van der Waals surface area contributed by atoms with Crippen molar-refractivity contribution in [2.45, 2.75) is 31.9 Å². The molecule has 1 aliphatic rings. The van der Waals surface area contributed by atoms with E-state index >= 15 is 0 Å². The van der Waals surface area contributed by atoms with E-state index in [0.29, 0.717) is 0 Å². The number of carbonyl (C=O) groups is 1. The summed E-state index contributed by atoms with van der Waals surface area (Å²) >= 11 is 0. The third-order valence-corrected chi connectivity index (χ3v) is 3.47. The van der Waals surface area contributed by atoms with Gasteiger partial charge in [0.2, 0.25) is 5.72 Å². The molecule has 0 aromatic heterocycles. The summed E-state index contributed by atoms with van der Waals surface area (Å²) in [5.74, 6) is -1.27. The van der Waals surface area contributed by atoms with Crippen LogP contribution in [0, 0.1) is 17.0 Å². The van der Waals surface area contributed by atoms with Gasteiger partial charge in [-0.1, -0.05) is 0 Å². The Bertz CT molecular complexity index is 725. The van der Waals surface area contributed by atoms with Crippen molar-refractivity contribution in [3.8, 4) is 0 Å². The van der Waals surface area contributed by atoms with Gasteiger partial charge in [-0.05, 0) is 19.1 Å². The van der Waals surface area contributed by atoms with Crippen LogP contribution in [0.15, 0.2) is 23.3 Å². The zero-order chi connectivity index (χ0) is 18.2. The monoisotopic (exact) mass is 349 g/mol. The van der Waals surface area contributed by atoms with Gasteiger partial charge in [-0.3, -0.25) is 14.9 Å². The largest absolute Gasteiger partial charge is 0.364 e. The summed E-state index contributed by atoms with van der Waals surface area (Å²) in [6, 6.07) is 2.97. The molecule has 0 saturated heterocycles. The lowest BCUT2D eigenvalue weighted by Gasteiger charge is -2.30. The van der Waals surface area contributed by atoms with E-state index in [1.165, 1.54) is 6.92 Å². The van der Waals surface area contributed by atoms with Crippen LogP contribution in [-0.4, -0.2) is 45.2 Å². The van der Waals surface area contributed by atoms with Gasteiger partial charge >= 0.3 is 0 Å². The molecule has 2 rings (SSSR count). The SMILES string of the molecule is Cc1cc(C(=O)N2N=C(C(F)F)CC2(O)C(F)F)ccc1[N+](=O)[O-]. The predicted octanol–water partition coefficient (Wildman–Crippen LogP) is 2.32. The van der Waals surface area contributed by atoms with Gasteiger partial charge in [-0.25, -0.2) is 17.6 Å². The lowest BCUT2D eigenvalue weighted by atomic mass is 10.1. The molecule has 24 heavy (non-hydrogen) atoms. The minimum Gasteiger partial charge on any atom is -0.364 e. The number of benzene rings is 1. The van der Waals surface area contributed by atoms with E-state index in [1.54, 1.807) is 0 Å². The maximum Gasteiger partial charge on any atom is 0.287 e. The van der Waals surface area contributed by atoms with Crippen molar-refractivity contribution in [2.24, 2.45) is 5.10 Å². The zero-order valence-corrected chi connectivity index (χ0v) is 12.1. The van der Waals surface area contributed by atoms with E-state index in [2.05, 4.69) is 5.10 Å². The first-order valence-electron chi connectivity index (χ1n) is 6.53. The lowest BCUT2D eigenvalue weighted by molar-refractivity contribution is -0.385. The number of aryl methyl sites for hydroxylation is 1. The van der Waals surface area contributed by atoms with Crippen molar-refractivity contribution in [1.82, 2.24) is 5.01 Å². The standard InChI is InChI=1S/C13H11F4N3O4/c1-6-4-7(2-3-9(6)20(23)24)11(21)19-13(22,12(16)17)5-8(18-19)10(14)15/h2-4,10,12,22H,5H2,1H3. The van der Waals surface area contributed by atoms with Crippen LogP contribution in [0.1, 0.15) is 22.3 Å². The second-order valence-electron chi connectivity index (χ2n) is 5.12. The van der Waals surface area contributed by atoms with Crippen LogP contribution in [0.5, 0.6) is 0 Å². The third kappa shape index (κ3) is 2.94. The van der Waals surface area contributed by atoms with Crippen LogP contribution < -0.4 is 0 Å². The summed E-state index contributed by atoms with van der Waals surface area (Å²) in [5, 5.41) is 23.6. The molecule has 1 aromatic rings. The number of rotatable bonds is 4. The number of hydrogen-bond acceptors (Lipinski definition) is 5. The number of nitro benzene ring substituents is 1. The first kappa shape index (κ1) is 17.8. The lowest BCUT2D eigenvalue weighted by Crippen LogP contribution is -2.51. The van der Waals surface area contributed by atoms with Crippen molar-refractivity contribution >= 4 is 17.3 Å². The highest BCUT2D eigenvalue weighted by Crippen LogP contribution is 2.34. The smallest absolute Gasteiger partial charge is 0.287 e. The number of hydrazone groups is 1. The normalized spacial score (nSPS) is 20.7. The van der Waals surface area contributed by atoms with Crippen LogP contribution >= 0.6 is 0 Å². The van der Waals surface area contributed by atoms with Gasteiger partial charge in [-0.15, -0.1) is 0 Å². The fourth-order valence-electron chi connectivity index (χ4n) is 2.22. The molecule has 7 nitrogen and oxygen atoms in total. The second-order valence-corrected chi connectivity index (χ2v) is 5.12. The molecular weight excluding hydrogens is 338 g/mol. The highest BCUT2D eigenvalue weighted by Gasteiger charge is 2.53. The second kappa shape index (κ2) is 6.15. The quantitative estimate of drug-likeness (QED) is 0.513. The van der Waals surface area contributed by atoms with E-state index in [0.717, 1.165) is 18.2 Å². The third-order valence-electron chi connectivity index (χ3n) is 3.47. The molecule has 0 aliphatic carbocycles. The Morgan fingerprint density at radius 2 is 2.04 bits per heavy atom. The van der Waals surface area contributed by atoms with Crippen LogP contribution in [0.4, 0.5) is 23.2 Å². The number of nitrogens with zero attached hydrogens (tertiary/aromatic N) is 3. The first-order chi connectivity index (χ1) is 11.1. The van der Waals surface area contributed by atoms with Crippen molar-refractivity contribution in [3.05, 3.63) is 39.4 Å². The Balaban J connectivity index is 2.43. The molecule has 0 spiro atoms. The number of amides is 1. The van der Waals surface area contributed by atoms with Crippen LogP contribution in [-0.2, 0) is 0 Å². The molecule has 0 fully saturated rings. The summed E-state index contributed by atoms with van der Waals surface area (Å²) in [6.07, 6.45) is -7.95. The summed E-state index contributed by atoms with van der Waals surface area (Å²) in [4.78, 5) is 22.3. The maximum atomic E-state index is 13.1. The number of halogens is 4. The molecule has 1 aliphatic heterocycles. The number of nitro groups is 1. The van der Waals surface area contributed by atoms with E-state index < -0.39 is 41.5 Å². The number of aliphatic hydroxyl groups is 1. The molecule has 1 heterocycles. The van der Waals surface area contributed by atoms with E-state index in [-0.39, 0.29) is 21.8 Å². The molecule has 1 aromatic carbocycles. The Labute approximate surface area is 132 Å². The fourth-order valence-corrected chi connectivity index (χ4v) is 2.22. The highest BCUT2D eigenvalue weighted by atomic mass is 19.3. The minimum atomic E-state index is -3.54. The molecule has 11 heteroatoms. The Morgan fingerprint density at radius 3 is 2.50 bits per heavy atom. The van der Waals surface area contributed by atoms with Crippen LogP contribution in [0.25, 0.3) is 0 Å². The topological polar surface area (TPSA) is 96.0 Å². The van der Waals surface area contributed by atoms with Crippen molar-refractivity contribution < 1.29 is 32.4 Å². The number of hydrogen-bond donors (Lipinski definition) is 1. The van der Waals surface area contributed by atoms with Crippen molar-refractivity contribution in [1.29, 1.82) is 0 Å². The molecule has 0 saturated carbocycles. The molecule has 0 bridgehead atoms. The molecule has 1 atom stereocenters. The molecule has 130 valence electrons. The van der Waals surface area contributed by atoms with Gasteiger partial charge in [0.25, 0.3) is 24.4 Å². The van der Waals surface area contributed by atoms with Gasteiger partial charge < -0.3 is 5.11 Å². The predicted molar refractivity (Wildman–Crippen MR) is 73.0 cm³/mol. The van der Waals surface area contributed by atoms with E-state index in [1.807, 2.05) is 0 Å². The molecule has 0 radical (unpaired) electrons. The highest BCUT2D eigenvalue weighted by molar-refractivity contribution is 5.99.